The van der Waals surface area contributed by atoms with Gasteiger partial charge in [0.2, 0.25) is 23.7 Å². The fraction of sp³-hybridized carbons (Fsp3) is 0.375. The Balaban J connectivity index is 1.89. The van der Waals surface area contributed by atoms with E-state index in [9.17, 15) is 8.78 Å². The molecular formula is C16H17F2N2O2PS. The van der Waals surface area contributed by atoms with Crippen LogP contribution in [0.1, 0.15) is 32.1 Å². The third-order valence-corrected chi connectivity index (χ3v) is 7.48. The van der Waals surface area contributed by atoms with Gasteiger partial charge in [0.1, 0.15) is 0 Å². The molecule has 2 aromatic heterocycles. The maximum atomic E-state index is 13.3. The molecule has 24 heavy (non-hydrogen) atoms. The van der Waals surface area contributed by atoms with E-state index in [1.54, 1.807) is 0 Å². The topological polar surface area (TPSA) is 44.2 Å². The van der Waals surface area contributed by atoms with Gasteiger partial charge in [-0.15, -0.1) is 0 Å². The molecule has 1 aliphatic carbocycles. The number of rotatable bonds is 5. The molecule has 2 aromatic rings. The van der Waals surface area contributed by atoms with Crippen LogP contribution >= 0.6 is 6.49 Å². The second-order valence-electron chi connectivity index (χ2n) is 5.61. The molecule has 0 unspecified atom stereocenters. The Hall–Kier alpha value is -1.59. The highest BCUT2D eigenvalue weighted by atomic mass is 32.5. The second kappa shape index (κ2) is 7.53. The lowest BCUT2D eigenvalue weighted by molar-refractivity contribution is 0.406. The molecular weight excluding hydrogens is 353 g/mol. The van der Waals surface area contributed by atoms with E-state index in [1.807, 2.05) is 0 Å². The van der Waals surface area contributed by atoms with E-state index >= 15 is 0 Å². The van der Waals surface area contributed by atoms with Crippen molar-refractivity contribution in [3.05, 3.63) is 48.3 Å². The maximum absolute atomic E-state index is 13.3. The molecule has 0 bridgehead atoms. The van der Waals surface area contributed by atoms with Crippen LogP contribution in [0, 0.1) is 11.9 Å². The van der Waals surface area contributed by atoms with Crippen molar-refractivity contribution in [2.45, 2.75) is 37.8 Å². The van der Waals surface area contributed by atoms with E-state index < -0.39 is 18.4 Å². The molecule has 128 valence electrons. The standard InChI is InChI=1S/C16H17F2N2O2PS/c17-13-8-4-10-15(19-13)21-23(24,12-6-2-1-3-7-12)22-16-11-5-9-14(18)20-16/h4-5,8-12H,1-3,6-7H2. The number of nitrogens with zero attached hydrogens (tertiary/aromatic N) is 2. The summed E-state index contributed by atoms with van der Waals surface area (Å²) in [5, 5.41) is 0. The zero-order valence-corrected chi connectivity index (χ0v) is 14.6. The quantitative estimate of drug-likeness (QED) is 0.556. The SMILES string of the molecule is Fc1cccc(OP(=S)(Oc2cccc(F)n2)C2CCCCC2)n1. The zero-order chi connectivity index (χ0) is 17.0. The lowest BCUT2D eigenvalue weighted by Gasteiger charge is -2.32. The average molecular weight is 370 g/mol. The summed E-state index contributed by atoms with van der Waals surface area (Å²) in [5.41, 5.74) is 0.0105. The van der Waals surface area contributed by atoms with Gasteiger partial charge in [0.25, 0.3) is 6.49 Å². The van der Waals surface area contributed by atoms with Gasteiger partial charge in [0.15, 0.2) is 0 Å². The molecule has 0 saturated heterocycles. The second-order valence-corrected chi connectivity index (χ2v) is 9.31. The van der Waals surface area contributed by atoms with Gasteiger partial charge < -0.3 is 9.05 Å². The Morgan fingerprint density at radius 1 is 0.875 bits per heavy atom. The summed E-state index contributed by atoms with van der Waals surface area (Å²) in [5.74, 6) is -1.14. The van der Waals surface area contributed by atoms with Crippen LogP contribution in [0.2, 0.25) is 0 Å². The largest absolute Gasteiger partial charge is 0.417 e. The number of aromatic nitrogens is 2. The molecule has 2 heterocycles. The van der Waals surface area contributed by atoms with Crippen molar-refractivity contribution in [2.24, 2.45) is 0 Å². The van der Waals surface area contributed by atoms with Gasteiger partial charge in [-0.1, -0.05) is 31.4 Å². The number of hydrogen-bond donors (Lipinski definition) is 0. The van der Waals surface area contributed by atoms with E-state index in [2.05, 4.69) is 9.97 Å². The summed E-state index contributed by atoms with van der Waals surface area (Å²) >= 11 is 5.71. The third kappa shape index (κ3) is 4.28. The van der Waals surface area contributed by atoms with Crippen LogP contribution in [-0.4, -0.2) is 15.6 Å². The summed E-state index contributed by atoms with van der Waals surface area (Å²) in [7, 11) is 0. The predicted octanol–water partition coefficient (Wildman–Crippen LogP) is 4.85. The van der Waals surface area contributed by atoms with Crippen molar-refractivity contribution in [3.8, 4) is 11.8 Å². The minimum atomic E-state index is -2.90. The monoisotopic (exact) mass is 370 g/mol. The Labute approximate surface area is 144 Å². The van der Waals surface area contributed by atoms with Gasteiger partial charge in [-0.2, -0.15) is 18.7 Å². The molecule has 1 fully saturated rings. The lowest BCUT2D eigenvalue weighted by atomic mass is 10.0. The molecule has 0 atom stereocenters. The van der Waals surface area contributed by atoms with Crippen LogP contribution in [0.3, 0.4) is 0 Å². The molecule has 0 aliphatic heterocycles. The van der Waals surface area contributed by atoms with Crippen molar-refractivity contribution in [3.63, 3.8) is 0 Å². The van der Waals surface area contributed by atoms with Gasteiger partial charge in [-0.05, 0) is 36.8 Å². The van der Waals surface area contributed by atoms with Crippen molar-refractivity contribution in [2.75, 3.05) is 0 Å². The zero-order valence-electron chi connectivity index (χ0n) is 12.9. The third-order valence-electron chi connectivity index (χ3n) is 3.84. The van der Waals surface area contributed by atoms with Gasteiger partial charge in [-0.3, -0.25) is 0 Å². The predicted molar refractivity (Wildman–Crippen MR) is 90.8 cm³/mol. The fourth-order valence-corrected chi connectivity index (χ4v) is 5.86. The Kier molecular flexibility index (Phi) is 5.41. The molecule has 0 aromatic carbocycles. The van der Waals surface area contributed by atoms with Crippen molar-refractivity contribution >= 4 is 18.3 Å². The molecule has 0 N–H and O–H groups in total. The molecule has 0 radical (unpaired) electrons. The fourth-order valence-electron chi connectivity index (χ4n) is 2.71. The number of pyridine rings is 2. The first-order chi connectivity index (χ1) is 11.5. The average Bonchev–Trinajstić information content (AvgIpc) is 2.55. The van der Waals surface area contributed by atoms with Crippen LogP contribution in [0.25, 0.3) is 0 Å². The summed E-state index contributed by atoms with van der Waals surface area (Å²) < 4.78 is 38.4. The normalized spacial score (nSPS) is 15.9. The van der Waals surface area contributed by atoms with E-state index in [1.165, 1.54) is 36.4 Å². The first kappa shape index (κ1) is 17.2. The lowest BCUT2D eigenvalue weighted by Crippen LogP contribution is -2.20. The highest BCUT2D eigenvalue weighted by Crippen LogP contribution is 2.56. The molecule has 0 spiro atoms. The highest BCUT2D eigenvalue weighted by Gasteiger charge is 2.36. The van der Waals surface area contributed by atoms with E-state index in [0.29, 0.717) is 0 Å². The minimum Gasteiger partial charge on any atom is -0.417 e. The maximum Gasteiger partial charge on any atom is 0.293 e. The van der Waals surface area contributed by atoms with Crippen molar-refractivity contribution in [1.29, 1.82) is 0 Å². The van der Waals surface area contributed by atoms with Crippen LogP contribution in [0.15, 0.2) is 36.4 Å². The van der Waals surface area contributed by atoms with Crippen LogP contribution < -0.4 is 9.05 Å². The highest BCUT2D eigenvalue weighted by molar-refractivity contribution is 8.10. The number of hydrogen-bond acceptors (Lipinski definition) is 5. The van der Waals surface area contributed by atoms with Crippen LogP contribution in [0.4, 0.5) is 8.78 Å². The Morgan fingerprint density at radius 3 is 1.83 bits per heavy atom. The molecule has 1 aliphatic rings. The summed E-state index contributed by atoms with van der Waals surface area (Å²) in [6.45, 7) is -2.90. The van der Waals surface area contributed by atoms with E-state index in [0.717, 1.165) is 32.1 Å². The first-order valence-corrected chi connectivity index (χ1v) is 10.5. The molecule has 4 nitrogen and oxygen atoms in total. The Morgan fingerprint density at radius 2 is 1.38 bits per heavy atom. The van der Waals surface area contributed by atoms with E-state index in [-0.39, 0.29) is 17.4 Å². The van der Waals surface area contributed by atoms with Gasteiger partial charge in [-0.25, -0.2) is 0 Å². The molecule has 1 saturated carbocycles. The summed E-state index contributed by atoms with van der Waals surface area (Å²) in [6, 6.07) is 8.53. The van der Waals surface area contributed by atoms with Gasteiger partial charge in [0.05, 0.1) is 5.66 Å². The summed E-state index contributed by atoms with van der Waals surface area (Å²) in [6.07, 6.45) is 4.93. The molecule has 8 heteroatoms. The minimum absolute atomic E-state index is 0.0105. The smallest absolute Gasteiger partial charge is 0.293 e. The molecule has 0 amide bonds. The molecule has 3 rings (SSSR count). The number of halogens is 2. The van der Waals surface area contributed by atoms with Crippen molar-refractivity contribution in [1.82, 2.24) is 9.97 Å². The van der Waals surface area contributed by atoms with Crippen LogP contribution in [-0.2, 0) is 11.8 Å². The first-order valence-electron chi connectivity index (χ1n) is 7.79. The summed E-state index contributed by atoms with van der Waals surface area (Å²) in [4.78, 5) is 7.42. The van der Waals surface area contributed by atoms with Gasteiger partial charge in [0, 0.05) is 12.1 Å². The van der Waals surface area contributed by atoms with Crippen molar-refractivity contribution < 1.29 is 17.8 Å². The van der Waals surface area contributed by atoms with Crippen LogP contribution in [0.5, 0.6) is 11.8 Å². The Bertz CT molecular complexity index is 705. The van der Waals surface area contributed by atoms with Gasteiger partial charge >= 0.3 is 0 Å². The van der Waals surface area contributed by atoms with E-state index in [4.69, 9.17) is 20.9 Å².